The van der Waals surface area contributed by atoms with Crippen LogP contribution in [0.5, 0.6) is 11.5 Å². The van der Waals surface area contributed by atoms with Gasteiger partial charge in [0.1, 0.15) is 22.7 Å². The second-order valence-corrected chi connectivity index (χ2v) is 10.6. The van der Waals surface area contributed by atoms with Gasteiger partial charge in [-0.05, 0) is 25.8 Å². The number of fused-ring (bicyclic) bond motifs is 1. The largest absolute Gasteiger partial charge is 0.497 e. The lowest BCUT2D eigenvalue weighted by Gasteiger charge is -2.44. The number of carbonyl (C=O) groups is 2. The number of ether oxygens (including phenoxy) is 2. The summed E-state index contributed by atoms with van der Waals surface area (Å²) in [5.41, 5.74) is 0.424. The first kappa shape index (κ1) is 24.1. The van der Waals surface area contributed by atoms with Gasteiger partial charge in [-0.3, -0.25) is 19.2 Å². The van der Waals surface area contributed by atoms with Gasteiger partial charge in [0.25, 0.3) is 5.91 Å². The third kappa shape index (κ3) is 4.38. The molecule has 4 rings (SSSR count). The van der Waals surface area contributed by atoms with Crippen LogP contribution in [0.4, 0.5) is 5.69 Å². The van der Waals surface area contributed by atoms with Crippen LogP contribution in [0.3, 0.4) is 0 Å². The van der Waals surface area contributed by atoms with Crippen LogP contribution < -0.4 is 19.7 Å². The minimum absolute atomic E-state index is 0.124. The maximum atomic E-state index is 14.0. The van der Waals surface area contributed by atoms with Gasteiger partial charge in [0, 0.05) is 29.7 Å². The van der Waals surface area contributed by atoms with Crippen molar-refractivity contribution in [3.8, 4) is 11.5 Å². The van der Waals surface area contributed by atoms with Crippen LogP contribution in [-0.4, -0.2) is 47.4 Å². The molecule has 1 fully saturated rings. The Kier molecular flexibility index (Phi) is 6.36. The number of benzene rings is 1. The minimum Gasteiger partial charge on any atom is -0.497 e. The molecule has 1 saturated carbocycles. The highest BCUT2D eigenvalue weighted by Crippen LogP contribution is 2.38. The van der Waals surface area contributed by atoms with E-state index in [9.17, 15) is 9.59 Å². The zero-order valence-corrected chi connectivity index (χ0v) is 21.1. The number of aromatic nitrogens is 2. The average Bonchev–Trinajstić information content (AvgIpc) is 3.24. The molecule has 2 amide bonds. The van der Waals surface area contributed by atoms with E-state index in [1.807, 2.05) is 13.0 Å². The van der Waals surface area contributed by atoms with Crippen LogP contribution in [0, 0.1) is 0 Å². The molecule has 34 heavy (non-hydrogen) atoms. The van der Waals surface area contributed by atoms with Gasteiger partial charge in [-0.15, -0.1) is 0 Å². The van der Waals surface area contributed by atoms with Gasteiger partial charge in [0.05, 0.1) is 32.1 Å². The molecule has 1 N–H and O–H groups in total. The Labute approximate surface area is 201 Å². The average molecular weight is 469 g/mol. The smallest absolute Gasteiger partial charge is 0.277 e. The highest BCUT2D eigenvalue weighted by atomic mass is 16.5. The molecule has 1 atom stereocenters. The molecule has 1 aromatic heterocycles. The Balaban J connectivity index is 1.81. The first-order valence-corrected chi connectivity index (χ1v) is 12.0. The van der Waals surface area contributed by atoms with Gasteiger partial charge >= 0.3 is 0 Å². The summed E-state index contributed by atoms with van der Waals surface area (Å²) < 4.78 is 12.6. The van der Waals surface area contributed by atoms with Crippen molar-refractivity contribution in [3.63, 3.8) is 0 Å². The van der Waals surface area contributed by atoms with Gasteiger partial charge < -0.3 is 14.8 Å². The van der Waals surface area contributed by atoms with Gasteiger partial charge in [0.2, 0.25) is 5.91 Å². The number of anilines is 1. The van der Waals surface area contributed by atoms with Crippen LogP contribution in [0.25, 0.3) is 0 Å². The van der Waals surface area contributed by atoms with Crippen molar-refractivity contribution in [2.45, 2.75) is 83.3 Å². The summed E-state index contributed by atoms with van der Waals surface area (Å²) >= 11 is 0. The van der Waals surface area contributed by atoms with Crippen molar-refractivity contribution in [2.75, 3.05) is 19.1 Å². The molecule has 0 bridgehead atoms. The Morgan fingerprint density at radius 2 is 1.68 bits per heavy atom. The summed E-state index contributed by atoms with van der Waals surface area (Å²) in [6, 6.07) is 7.25. The number of carbonyl (C=O) groups excluding carboxylic acids is 2. The highest BCUT2D eigenvalue weighted by Gasteiger charge is 2.49. The number of methoxy groups -OCH3 is 2. The summed E-state index contributed by atoms with van der Waals surface area (Å²) in [7, 11) is 3.13. The van der Waals surface area contributed by atoms with Crippen LogP contribution >= 0.6 is 0 Å². The molecule has 1 aliphatic heterocycles. The number of nitrogens with one attached hydrogen (secondary N) is 1. The molecule has 2 aliphatic rings. The third-order valence-electron chi connectivity index (χ3n) is 6.95. The standard InChI is InChI=1S/C26H36N4O4/c1-25(2,3)22-15-21-23(31)30(18-12-19(33-5)14-20(13-18)34-6)26(4,16-29(21)28-22)24(32)27-17-10-8-7-9-11-17/h12-15,17H,7-11,16H2,1-6H3,(H,27,32). The topological polar surface area (TPSA) is 85.7 Å². The summed E-state index contributed by atoms with van der Waals surface area (Å²) in [5, 5.41) is 7.97. The van der Waals surface area contributed by atoms with E-state index in [-0.39, 0.29) is 29.8 Å². The van der Waals surface area contributed by atoms with Gasteiger partial charge in [-0.25, -0.2) is 0 Å². The van der Waals surface area contributed by atoms with Crippen molar-refractivity contribution in [3.05, 3.63) is 35.7 Å². The summed E-state index contributed by atoms with van der Waals surface area (Å²) in [6.45, 7) is 8.25. The lowest BCUT2D eigenvalue weighted by Crippen LogP contribution is -2.65. The van der Waals surface area contributed by atoms with Crippen molar-refractivity contribution in [1.82, 2.24) is 15.1 Å². The number of hydrogen-bond donors (Lipinski definition) is 1. The third-order valence-corrected chi connectivity index (χ3v) is 6.95. The van der Waals surface area contributed by atoms with Crippen LogP contribution in [-0.2, 0) is 16.8 Å². The molecular weight excluding hydrogens is 432 g/mol. The van der Waals surface area contributed by atoms with E-state index in [0.29, 0.717) is 22.9 Å². The normalized spacial score (nSPS) is 21.2. The van der Waals surface area contributed by atoms with Crippen LogP contribution in [0.15, 0.2) is 24.3 Å². The summed E-state index contributed by atoms with van der Waals surface area (Å²) in [6.07, 6.45) is 5.34. The Hall–Kier alpha value is -3.03. The molecule has 0 saturated heterocycles. The van der Waals surface area contributed by atoms with Crippen LogP contribution in [0.1, 0.15) is 76.0 Å². The molecule has 1 aromatic carbocycles. The van der Waals surface area contributed by atoms with Crippen molar-refractivity contribution < 1.29 is 19.1 Å². The second kappa shape index (κ2) is 8.96. The van der Waals surface area contributed by atoms with Crippen LogP contribution in [0.2, 0.25) is 0 Å². The Morgan fingerprint density at radius 1 is 1.06 bits per heavy atom. The van der Waals surface area contributed by atoms with Crippen molar-refractivity contribution in [1.29, 1.82) is 0 Å². The lowest BCUT2D eigenvalue weighted by atomic mass is 9.90. The predicted molar refractivity (Wildman–Crippen MR) is 131 cm³/mol. The fourth-order valence-corrected chi connectivity index (χ4v) is 4.86. The molecule has 1 unspecified atom stereocenters. The van der Waals surface area contributed by atoms with E-state index in [1.165, 1.54) is 6.42 Å². The van der Waals surface area contributed by atoms with Gasteiger partial charge in [-0.1, -0.05) is 40.0 Å². The zero-order valence-electron chi connectivity index (χ0n) is 21.1. The monoisotopic (exact) mass is 468 g/mol. The number of amides is 2. The quantitative estimate of drug-likeness (QED) is 0.715. The maximum Gasteiger partial charge on any atom is 0.277 e. The van der Waals surface area contributed by atoms with Crippen molar-refractivity contribution in [2.24, 2.45) is 0 Å². The molecule has 2 heterocycles. The number of nitrogens with zero attached hydrogens (tertiary/aromatic N) is 3. The SMILES string of the molecule is COc1cc(OC)cc(N2C(=O)c3cc(C(C)(C)C)nn3CC2(C)C(=O)NC2CCCCC2)c1. The van der Waals surface area contributed by atoms with E-state index in [1.54, 1.807) is 42.0 Å². The lowest BCUT2D eigenvalue weighted by molar-refractivity contribution is -0.127. The Morgan fingerprint density at radius 3 is 2.24 bits per heavy atom. The van der Waals surface area contributed by atoms with E-state index < -0.39 is 5.54 Å². The highest BCUT2D eigenvalue weighted by molar-refractivity contribution is 6.12. The molecule has 1 aliphatic carbocycles. The molecule has 8 nitrogen and oxygen atoms in total. The zero-order chi connectivity index (χ0) is 24.7. The summed E-state index contributed by atoms with van der Waals surface area (Å²) in [4.78, 5) is 29.4. The van der Waals surface area contributed by atoms with Crippen molar-refractivity contribution >= 4 is 17.5 Å². The summed E-state index contributed by atoms with van der Waals surface area (Å²) in [5.74, 6) is 0.650. The molecule has 0 radical (unpaired) electrons. The number of rotatable bonds is 5. The molecule has 8 heteroatoms. The minimum atomic E-state index is -1.18. The first-order valence-electron chi connectivity index (χ1n) is 12.0. The molecule has 0 spiro atoms. The Bertz CT molecular complexity index is 1060. The van der Waals surface area contributed by atoms with E-state index in [0.717, 1.165) is 31.4 Å². The predicted octanol–water partition coefficient (Wildman–Crippen LogP) is 4.07. The second-order valence-electron chi connectivity index (χ2n) is 10.6. The first-order chi connectivity index (χ1) is 16.1. The molecular formula is C26H36N4O4. The fraction of sp³-hybridized carbons (Fsp3) is 0.577. The van der Waals surface area contributed by atoms with Gasteiger partial charge in [0.15, 0.2) is 0 Å². The van der Waals surface area contributed by atoms with E-state index >= 15 is 0 Å². The van der Waals surface area contributed by atoms with Gasteiger partial charge in [-0.2, -0.15) is 5.10 Å². The number of hydrogen-bond acceptors (Lipinski definition) is 5. The van der Waals surface area contributed by atoms with E-state index in [4.69, 9.17) is 14.6 Å². The van der Waals surface area contributed by atoms with E-state index in [2.05, 4.69) is 26.1 Å². The molecule has 184 valence electrons. The fourth-order valence-electron chi connectivity index (χ4n) is 4.86. The maximum absolute atomic E-state index is 14.0. The molecule has 2 aromatic rings.